The van der Waals surface area contributed by atoms with E-state index in [4.69, 9.17) is 0 Å². The van der Waals surface area contributed by atoms with Crippen LogP contribution in [0.5, 0.6) is 0 Å². The van der Waals surface area contributed by atoms with Crippen LogP contribution in [0.15, 0.2) is 24.3 Å². The lowest BCUT2D eigenvalue weighted by molar-refractivity contribution is 0.409. The van der Waals surface area contributed by atoms with Crippen molar-refractivity contribution in [3.05, 3.63) is 65.1 Å². The summed E-state index contributed by atoms with van der Waals surface area (Å²) >= 11 is 0. The van der Waals surface area contributed by atoms with Crippen LogP contribution in [-0.2, 0) is 0 Å². The Hall–Kier alpha value is -1.84. The van der Waals surface area contributed by atoms with Crippen molar-refractivity contribution >= 4 is 0 Å². The maximum absolute atomic E-state index is 13.6. The zero-order chi connectivity index (χ0) is 12.2. The standard InChI is InChI=1S/C13H5F4/c14-10-8-5-6-3-1-2-4-7(6)9(8)11(15)13(17)12(10)16/h1-5H. The molecule has 0 aromatic heterocycles. The summed E-state index contributed by atoms with van der Waals surface area (Å²) in [6.45, 7) is 0. The van der Waals surface area contributed by atoms with Crippen LogP contribution in [0.3, 0.4) is 0 Å². The van der Waals surface area contributed by atoms with Crippen LogP contribution in [0.4, 0.5) is 17.6 Å². The van der Waals surface area contributed by atoms with Crippen LogP contribution in [0.25, 0.3) is 11.1 Å². The smallest absolute Gasteiger partial charge is 0.198 e. The SMILES string of the molecule is Fc1c(F)c(F)c2c(c1F)[CH]c1ccccc1-2. The molecular formula is C13H5F4. The second-order valence-electron chi connectivity index (χ2n) is 3.78. The maximum atomic E-state index is 13.6. The van der Waals surface area contributed by atoms with Crippen molar-refractivity contribution in [1.82, 2.24) is 0 Å². The van der Waals surface area contributed by atoms with Crippen molar-refractivity contribution in [3.63, 3.8) is 0 Å². The van der Waals surface area contributed by atoms with Crippen molar-refractivity contribution in [1.29, 1.82) is 0 Å². The molecule has 0 heterocycles. The first-order valence-electron chi connectivity index (χ1n) is 4.91. The van der Waals surface area contributed by atoms with Crippen LogP contribution >= 0.6 is 0 Å². The molecule has 1 radical (unpaired) electrons. The van der Waals surface area contributed by atoms with Gasteiger partial charge >= 0.3 is 0 Å². The van der Waals surface area contributed by atoms with Gasteiger partial charge in [0.25, 0.3) is 0 Å². The van der Waals surface area contributed by atoms with Gasteiger partial charge in [0.05, 0.1) is 0 Å². The summed E-state index contributed by atoms with van der Waals surface area (Å²) in [7, 11) is 0. The molecule has 1 aliphatic rings. The molecule has 0 saturated carbocycles. The first-order chi connectivity index (χ1) is 8.11. The summed E-state index contributed by atoms with van der Waals surface area (Å²) < 4.78 is 53.3. The Morgan fingerprint density at radius 2 is 1.35 bits per heavy atom. The van der Waals surface area contributed by atoms with Gasteiger partial charge in [0.2, 0.25) is 0 Å². The second-order valence-corrected chi connectivity index (χ2v) is 3.78. The molecule has 0 amide bonds. The van der Waals surface area contributed by atoms with Gasteiger partial charge in [-0.25, -0.2) is 17.6 Å². The molecule has 2 aromatic rings. The van der Waals surface area contributed by atoms with E-state index >= 15 is 0 Å². The van der Waals surface area contributed by atoms with Crippen LogP contribution in [0, 0.1) is 29.7 Å². The molecule has 17 heavy (non-hydrogen) atoms. The Balaban J connectivity index is 2.41. The highest BCUT2D eigenvalue weighted by molar-refractivity contribution is 5.81. The van der Waals surface area contributed by atoms with Crippen molar-refractivity contribution in [2.24, 2.45) is 0 Å². The van der Waals surface area contributed by atoms with E-state index in [1.165, 1.54) is 12.5 Å². The van der Waals surface area contributed by atoms with E-state index in [9.17, 15) is 17.6 Å². The van der Waals surface area contributed by atoms with Gasteiger partial charge in [-0.15, -0.1) is 0 Å². The number of hydrogen-bond donors (Lipinski definition) is 0. The molecule has 4 heteroatoms. The maximum Gasteiger partial charge on any atom is 0.198 e. The van der Waals surface area contributed by atoms with Crippen LogP contribution < -0.4 is 0 Å². The molecule has 2 aromatic carbocycles. The molecule has 0 atom stereocenters. The van der Waals surface area contributed by atoms with Gasteiger partial charge in [-0.1, -0.05) is 24.3 Å². The summed E-state index contributed by atoms with van der Waals surface area (Å²) in [5, 5.41) is 0. The summed E-state index contributed by atoms with van der Waals surface area (Å²) in [6.07, 6.45) is 1.31. The molecule has 0 fully saturated rings. The highest BCUT2D eigenvalue weighted by Gasteiger charge is 2.31. The monoisotopic (exact) mass is 237 g/mol. The van der Waals surface area contributed by atoms with Crippen LogP contribution in [0.2, 0.25) is 0 Å². The first kappa shape index (κ1) is 10.3. The summed E-state index contributed by atoms with van der Waals surface area (Å²) in [6, 6.07) is 6.48. The van der Waals surface area contributed by atoms with Gasteiger partial charge in [-0.2, -0.15) is 0 Å². The second kappa shape index (κ2) is 3.32. The molecule has 0 bridgehead atoms. The Kier molecular flexibility index (Phi) is 2.02. The average Bonchev–Trinajstić information content (AvgIpc) is 2.73. The molecular weight excluding hydrogens is 232 g/mol. The van der Waals surface area contributed by atoms with Gasteiger partial charge in [0.1, 0.15) is 0 Å². The number of rotatable bonds is 0. The molecule has 0 nitrogen and oxygen atoms in total. The topological polar surface area (TPSA) is 0 Å². The summed E-state index contributed by atoms with van der Waals surface area (Å²) in [5.41, 5.74) is 0.475. The molecule has 0 aliphatic heterocycles. The normalized spacial score (nSPS) is 12.5. The minimum atomic E-state index is -1.77. The van der Waals surface area contributed by atoms with Gasteiger partial charge in [-0.05, 0) is 11.1 Å². The Labute approximate surface area is 94.5 Å². The number of benzene rings is 2. The van der Waals surface area contributed by atoms with Crippen molar-refractivity contribution in [2.45, 2.75) is 0 Å². The zero-order valence-corrected chi connectivity index (χ0v) is 8.40. The molecule has 0 N–H and O–H groups in total. The lowest BCUT2D eigenvalue weighted by Crippen LogP contribution is -2.01. The van der Waals surface area contributed by atoms with Gasteiger partial charge in [0.15, 0.2) is 23.3 Å². The van der Waals surface area contributed by atoms with E-state index in [0.717, 1.165) is 0 Å². The fourth-order valence-electron chi connectivity index (χ4n) is 2.05. The number of halogens is 4. The van der Waals surface area contributed by atoms with Crippen LogP contribution in [0.1, 0.15) is 11.1 Å². The van der Waals surface area contributed by atoms with E-state index in [2.05, 4.69) is 0 Å². The van der Waals surface area contributed by atoms with Gasteiger partial charge in [0, 0.05) is 17.5 Å². The predicted molar refractivity (Wildman–Crippen MR) is 54.2 cm³/mol. The lowest BCUT2D eigenvalue weighted by atomic mass is 10.0. The molecule has 0 saturated heterocycles. The summed E-state index contributed by atoms with van der Waals surface area (Å²) in [5.74, 6) is -6.24. The van der Waals surface area contributed by atoms with Crippen molar-refractivity contribution in [2.75, 3.05) is 0 Å². The molecule has 3 rings (SSSR count). The Morgan fingerprint density at radius 1 is 0.706 bits per heavy atom. The Morgan fingerprint density at radius 3 is 2.12 bits per heavy atom. The van der Waals surface area contributed by atoms with E-state index in [-0.39, 0.29) is 11.1 Å². The van der Waals surface area contributed by atoms with E-state index in [1.54, 1.807) is 18.2 Å². The fraction of sp³-hybridized carbons (Fsp3) is 0. The highest BCUT2D eigenvalue weighted by Crippen LogP contribution is 2.42. The molecule has 0 unspecified atom stereocenters. The first-order valence-corrected chi connectivity index (χ1v) is 4.91. The summed E-state index contributed by atoms with van der Waals surface area (Å²) in [4.78, 5) is 0. The third-order valence-electron chi connectivity index (χ3n) is 2.83. The lowest BCUT2D eigenvalue weighted by Gasteiger charge is -2.06. The number of hydrogen-bond acceptors (Lipinski definition) is 0. The van der Waals surface area contributed by atoms with Crippen molar-refractivity contribution in [3.8, 4) is 11.1 Å². The van der Waals surface area contributed by atoms with Gasteiger partial charge in [-0.3, -0.25) is 0 Å². The number of fused-ring (bicyclic) bond motifs is 3. The Bertz CT molecular complexity index is 632. The van der Waals surface area contributed by atoms with Gasteiger partial charge < -0.3 is 0 Å². The van der Waals surface area contributed by atoms with E-state index in [0.29, 0.717) is 11.1 Å². The third-order valence-corrected chi connectivity index (χ3v) is 2.83. The molecule has 0 spiro atoms. The third kappa shape index (κ3) is 1.24. The minimum Gasteiger partial charge on any atom is -0.203 e. The molecule has 85 valence electrons. The quantitative estimate of drug-likeness (QED) is 0.317. The van der Waals surface area contributed by atoms with Crippen molar-refractivity contribution < 1.29 is 17.6 Å². The predicted octanol–water partition coefficient (Wildman–Crippen LogP) is 3.82. The highest BCUT2D eigenvalue weighted by atomic mass is 19.2. The van der Waals surface area contributed by atoms with Crippen LogP contribution in [-0.4, -0.2) is 0 Å². The average molecular weight is 237 g/mol. The fourth-order valence-corrected chi connectivity index (χ4v) is 2.05. The van der Waals surface area contributed by atoms with E-state index in [1.807, 2.05) is 0 Å². The molecule has 1 aliphatic carbocycles. The minimum absolute atomic E-state index is 0.211. The largest absolute Gasteiger partial charge is 0.203 e. The zero-order valence-electron chi connectivity index (χ0n) is 8.40. The van der Waals surface area contributed by atoms with E-state index < -0.39 is 23.3 Å².